The Balaban J connectivity index is 1.68. The van der Waals surface area contributed by atoms with Crippen molar-refractivity contribution < 1.29 is 14.3 Å². The number of hydrogen-bond donors (Lipinski definition) is 1. The molecular formula is C20H24N2O3. The van der Waals surface area contributed by atoms with Crippen LogP contribution in [-0.4, -0.2) is 38.3 Å². The predicted molar refractivity (Wildman–Crippen MR) is 99.4 cm³/mol. The Kier molecular flexibility index (Phi) is 5.56. The SMILES string of the molecule is Cc1cccc(O[C@@H](C)C(=O)Nc2ccccc2N2CCOCC2)c1. The lowest BCUT2D eigenvalue weighted by Crippen LogP contribution is -2.37. The van der Waals surface area contributed by atoms with Crippen LogP contribution in [0.5, 0.6) is 5.75 Å². The van der Waals surface area contributed by atoms with Gasteiger partial charge in [-0.15, -0.1) is 0 Å². The van der Waals surface area contributed by atoms with E-state index in [1.807, 2.05) is 55.5 Å². The highest BCUT2D eigenvalue weighted by molar-refractivity contribution is 5.97. The number of nitrogens with zero attached hydrogens (tertiary/aromatic N) is 1. The summed E-state index contributed by atoms with van der Waals surface area (Å²) in [7, 11) is 0. The predicted octanol–water partition coefficient (Wildman–Crippen LogP) is 3.24. The van der Waals surface area contributed by atoms with E-state index in [1.54, 1.807) is 6.92 Å². The first-order valence-electron chi connectivity index (χ1n) is 8.59. The number of morpholine rings is 1. The van der Waals surface area contributed by atoms with Crippen LogP contribution in [0.4, 0.5) is 11.4 Å². The number of rotatable bonds is 5. The lowest BCUT2D eigenvalue weighted by atomic mass is 10.2. The van der Waals surface area contributed by atoms with Crippen molar-refractivity contribution in [2.45, 2.75) is 20.0 Å². The molecule has 5 nitrogen and oxygen atoms in total. The van der Waals surface area contributed by atoms with Gasteiger partial charge in [0.25, 0.3) is 5.91 Å². The van der Waals surface area contributed by atoms with Gasteiger partial charge in [0.05, 0.1) is 24.6 Å². The van der Waals surface area contributed by atoms with Gasteiger partial charge < -0.3 is 19.7 Å². The van der Waals surface area contributed by atoms with E-state index >= 15 is 0 Å². The zero-order valence-corrected chi connectivity index (χ0v) is 14.7. The van der Waals surface area contributed by atoms with Gasteiger partial charge in [-0.25, -0.2) is 0 Å². The maximum absolute atomic E-state index is 12.6. The van der Waals surface area contributed by atoms with Crippen molar-refractivity contribution in [3.8, 4) is 5.75 Å². The first-order chi connectivity index (χ1) is 12.1. The third-order valence-corrected chi connectivity index (χ3v) is 4.19. The van der Waals surface area contributed by atoms with Gasteiger partial charge in [-0.1, -0.05) is 24.3 Å². The third kappa shape index (κ3) is 4.51. The summed E-state index contributed by atoms with van der Waals surface area (Å²) in [6.07, 6.45) is -0.584. The zero-order chi connectivity index (χ0) is 17.6. The van der Waals surface area contributed by atoms with Crippen molar-refractivity contribution in [1.29, 1.82) is 0 Å². The van der Waals surface area contributed by atoms with Crippen molar-refractivity contribution in [3.63, 3.8) is 0 Å². The molecule has 1 atom stereocenters. The second-order valence-corrected chi connectivity index (χ2v) is 6.18. The van der Waals surface area contributed by atoms with Gasteiger partial charge in [0.2, 0.25) is 0 Å². The van der Waals surface area contributed by atoms with E-state index in [9.17, 15) is 4.79 Å². The number of para-hydroxylation sites is 2. The number of hydrogen-bond acceptors (Lipinski definition) is 4. The smallest absolute Gasteiger partial charge is 0.265 e. The average molecular weight is 340 g/mol. The zero-order valence-electron chi connectivity index (χ0n) is 14.7. The maximum atomic E-state index is 12.6. The molecule has 0 spiro atoms. The Bertz CT molecular complexity index is 726. The standard InChI is InChI=1S/C20H24N2O3/c1-15-6-5-7-17(14-15)25-16(2)20(23)21-18-8-3-4-9-19(18)22-10-12-24-13-11-22/h3-9,14,16H,10-13H2,1-2H3,(H,21,23)/t16-/m0/s1. The summed E-state index contributed by atoms with van der Waals surface area (Å²) in [5, 5.41) is 3.00. The molecule has 2 aromatic rings. The molecule has 3 rings (SSSR count). The third-order valence-electron chi connectivity index (χ3n) is 4.19. The van der Waals surface area contributed by atoms with Gasteiger partial charge in [-0.2, -0.15) is 0 Å². The number of anilines is 2. The van der Waals surface area contributed by atoms with Crippen LogP contribution in [0.25, 0.3) is 0 Å². The minimum Gasteiger partial charge on any atom is -0.481 e. The number of benzene rings is 2. The molecule has 1 fully saturated rings. The van der Waals surface area contributed by atoms with Gasteiger partial charge >= 0.3 is 0 Å². The molecule has 1 aliphatic heterocycles. The Morgan fingerprint density at radius 1 is 1.16 bits per heavy atom. The highest BCUT2D eigenvalue weighted by Gasteiger charge is 2.19. The molecular weight excluding hydrogens is 316 g/mol. The molecule has 0 aliphatic carbocycles. The maximum Gasteiger partial charge on any atom is 0.265 e. The monoisotopic (exact) mass is 340 g/mol. The van der Waals surface area contributed by atoms with Crippen molar-refractivity contribution in [2.75, 3.05) is 36.5 Å². The van der Waals surface area contributed by atoms with Gasteiger partial charge in [-0.05, 0) is 43.7 Å². The summed E-state index contributed by atoms with van der Waals surface area (Å²) in [5.74, 6) is 0.534. The average Bonchev–Trinajstić information content (AvgIpc) is 2.63. The van der Waals surface area contributed by atoms with E-state index in [2.05, 4.69) is 10.2 Å². The minimum atomic E-state index is -0.584. The van der Waals surface area contributed by atoms with Crippen LogP contribution in [0.1, 0.15) is 12.5 Å². The highest BCUT2D eigenvalue weighted by Crippen LogP contribution is 2.26. The first-order valence-corrected chi connectivity index (χ1v) is 8.59. The topological polar surface area (TPSA) is 50.8 Å². The molecule has 2 aromatic carbocycles. The fourth-order valence-corrected chi connectivity index (χ4v) is 2.84. The summed E-state index contributed by atoms with van der Waals surface area (Å²) in [6.45, 7) is 6.81. The Labute approximate surface area is 148 Å². The van der Waals surface area contributed by atoms with Gasteiger partial charge in [0, 0.05) is 13.1 Å². The molecule has 5 heteroatoms. The number of nitrogens with one attached hydrogen (secondary N) is 1. The molecule has 25 heavy (non-hydrogen) atoms. The normalized spacial score (nSPS) is 15.5. The van der Waals surface area contributed by atoms with Gasteiger partial charge in [0.15, 0.2) is 6.10 Å². The molecule has 0 saturated carbocycles. The molecule has 0 bridgehead atoms. The van der Waals surface area contributed by atoms with E-state index in [-0.39, 0.29) is 5.91 Å². The Morgan fingerprint density at radius 3 is 2.68 bits per heavy atom. The van der Waals surface area contributed by atoms with E-state index in [0.717, 1.165) is 30.0 Å². The molecule has 0 aromatic heterocycles. The van der Waals surface area contributed by atoms with Crippen molar-refractivity contribution in [1.82, 2.24) is 0 Å². The second kappa shape index (κ2) is 8.03. The van der Waals surface area contributed by atoms with E-state index < -0.39 is 6.10 Å². The van der Waals surface area contributed by atoms with E-state index in [0.29, 0.717) is 19.0 Å². The Hall–Kier alpha value is -2.53. The van der Waals surface area contributed by atoms with Crippen LogP contribution in [0.2, 0.25) is 0 Å². The number of carbonyl (C=O) groups excluding carboxylic acids is 1. The quantitative estimate of drug-likeness (QED) is 0.908. The van der Waals surface area contributed by atoms with Crippen LogP contribution in [0.3, 0.4) is 0 Å². The molecule has 1 amide bonds. The fourth-order valence-electron chi connectivity index (χ4n) is 2.84. The Morgan fingerprint density at radius 2 is 1.92 bits per heavy atom. The molecule has 1 heterocycles. The molecule has 0 unspecified atom stereocenters. The summed E-state index contributed by atoms with van der Waals surface area (Å²) < 4.78 is 11.2. The van der Waals surface area contributed by atoms with E-state index in [1.165, 1.54) is 0 Å². The molecule has 1 aliphatic rings. The lowest BCUT2D eigenvalue weighted by molar-refractivity contribution is -0.122. The second-order valence-electron chi connectivity index (χ2n) is 6.18. The van der Waals surface area contributed by atoms with Crippen molar-refractivity contribution >= 4 is 17.3 Å². The number of aryl methyl sites for hydroxylation is 1. The largest absolute Gasteiger partial charge is 0.481 e. The van der Waals surface area contributed by atoms with Gasteiger partial charge in [0.1, 0.15) is 5.75 Å². The van der Waals surface area contributed by atoms with Crippen LogP contribution in [-0.2, 0) is 9.53 Å². The summed E-state index contributed by atoms with van der Waals surface area (Å²) in [4.78, 5) is 14.8. The van der Waals surface area contributed by atoms with Crippen molar-refractivity contribution in [2.24, 2.45) is 0 Å². The van der Waals surface area contributed by atoms with E-state index in [4.69, 9.17) is 9.47 Å². The number of carbonyl (C=O) groups is 1. The number of ether oxygens (including phenoxy) is 2. The molecule has 1 saturated heterocycles. The van der Waals surface area contributed by atoms with Crippen LogP contribution in [0, 0.1) is 6.92 Å². The molecule has 132 valence electrons. The van der Waals surface area contributed by atoms with Crippen molar-refractivity contribution in [3.05, 3.63) is 54.1 Å². The summed E-state index contributed by atoms with van der Waals surface area (Å²) in [5.41, 5.74) is 2.92. The van der Waals surface area contributed by atoms with Gasteiger partial charge in [-0.3, -0.25) is 4.79 Å². The van der Waals surface area contributed by atoms with Crippen LogP contribution < -0.4 is 15.0 Å². The lowest BCUT2D eigenvalue weighted by Gasteiger charge is -2.30. The van der Waals surface area contributed by atoms with Crippen LogP contribution in [0.15, 0.2) is 48.5 Å². The molecule has 1 N–H and O–H groups in total. The number of amides is 1. The minimum absolute atomic E-state index is 0.165. The summed E-state index contributed by atoms with van der Waals surface area (Å²) >= 11 is 0. The summed E-state index contributed by atoms with van der Waals surface area (Å²) in [6, 6.07) is 15.5. The first kappa shape index (κ1) is 17.3. The molecule has 0 radical (unpaired) electrons. The fraction of sp³-hybridized carbons (Fsp3) is 0.350. The van der Waals surface area contributed by atoms with Crippen LogP contribution >= 0.6 is 0 Å². The highest BCUT2D eigenvalue weighted by atomic mass is 16.5.